The van der Waals surface area contributed by atoms with Gasteiger partial charge in [-0.1, -0.05) is 32.4 Å². The fraction of sp³-hybridized carbons (Fsp3) is 0.476. The van der Waals surface area contributed by atoms with Crippen LogP contribution in [0.2, 0.25) is 5.02 Å². The molecular formula is C21H26ClN5O2. The number of fused-ring (bicyclic) bond motifs is 3. The second kappa shape index (κ2) is 7.37. The SMILES string of the molecule is CC(C)CCn1c(=O)c2c(nc3n2C[C@@H](C)CN3c2ccc(Cl)cc2)n(C)c1=O. The van der Waals surface area contributed by atoms with Gasteiger partial charge in [0.15, 0.2) is 11.2 Å². The minimum Gasteiger partial charge on any atom is -0.312 e. The molecule has 0 fully saturated rings. The smallest absolute Gasteiger partial charge is 0.312 e. The fourth-order valence-corrected chi connectivity index (χ4v) is 4.05. The van der Waals surface area contributed by atoms with Crippen molar-refractivity contribution in [2.75, 3.05) is 11.4 Å². The first-order valence-electron chi connectivity index (χ1n) is 10.0. The van der Waals surface area contributed by atoms with E-state index in [9.17, 15) is 9.59 Å². The maximum atomic E-state index is 13.3. The third-order valence-electron chi connectivity index (χ3n) is 5.51. The van der Waals surface area contributed by atoms with Crippen LogP contribution in [0.5, 0.6) is 0 Å². The predicted octanol–water partition coefficient (Wildman–Crippen LogP) is 3.38. The van der Waals surface area contributed by atoms with Crippen molar-refractivity contribution in [3.63, 3.8) is 0 Å². The highest BCUT2D eigenvalue weighted by Crippen LogP contribution is 2.33. The lowest BCUT2D eigenvalue weighted by molar-refractivity contribution is 0.455. The van der Waals surface area contributed by atoms with Crippen molar-refractivity contribution in [2.24, 2.45) is 18.9 Å². The van der Waals surface area contributed by atoms with Crippen LogP contribution in [0, 0.1) is 11.8 Å². The number of benzene rings is 1. The van der Waals surface area contributed by atoms with Gasteiger partial charge in [0.05, 0.1) is 0 Å². The number of aromatic nitrogens is 4. The summed E-state index contributed by atoms with van der Waals surface area (Å²) in [5.41, 5.74) is 1.32. The molecule has 0 radical (unpaired) electrons. The quantitative estimate of drug-likeness (QED) is 0.655. The lowest BCUT2D eigenvalue weighted by Gasteiger charge is -2.33. The molecule has 3 aromatic rings. The molecule has 0 N–H and O–H groups in total. The molecule has 3 heterocycles. The van der Waals surface area contributed by atoms with Crippen molar-refractivity contribution in [3.8, 4) is 0 Å². The average Bonchev–Trinajstić information content (AvgIpc) is 3.05. The monoisotopic (exact) mass is 415 g/mol. The highest BCUT2D eigenvalue weighted by atomic mass is 35.5. The minimum atomic E-state index is -0.315. The molecule has 1 aliphatic rings. The molecule has 2 aromatic heterocycles. The Balaban J connectivity index is 1.94. The largest absolute Gasteiger partial charge is 0.332 e. The van der Waals surface area contributed by atoms with Crippen LogP contribution in [0.15, 0.2) is 33.9 Å². The first-order chi connectivity index (χ1) is 13.8. The van der Waals surface area contributed by atoms with E-state index in [1.54, 1.807) is 7.05 Å². The maximum absolute atomic E-state index is 13.3. The molecule has 29 heavy (non-hydrogen) atoms. The zero-order valence-corrected chi connectivity index (χ0v) is 18.0. The summed E-state index contributed by atoms with van der Waals surface area (Å²) in [5.74, 6) is 1.41. The molecule has 1 aromatic carbocycles. The second-order valence-corrected chi connectivity index (χ2v) is 8.80. The topological polar surface area (TPSA) is 65.1 Å². The highest BCUT2D eigenvalue weighted by Gasteiger charge is 2.29. The van der Waals surface area contributed by atoms with E-state index < -0.39 is 0 Å². The summed E-state index contributed by atoms with van der Waals surface area (Å²) in [5, 5.41) is 0.669. The minimum absolute atomic E-state index is 0.257. The third-order valence-corrected chi connectivity index (χ3v) is 5.76. The van der Waals surface area contributed by atoms with Gasteiger partial charge in [-0.15, -0.1) is 0 Å². The molecule has 0 bridgehead atoms. The van der Waals surface area contributed by atoms with Gasteiger partial charge in [0.25, 0.3) is 5.56 Å². The van der Waals surface area contributed by atoms with Crippen molar-refractivity contribution >= 4 is 34.4 Å². The first kappa shape index (κ1) is 19.8. The van der Waals surface area contributed by atoms with Crippen LogP contribution in [-0.4, -0.2) is 25.2 Å². The number of anilines is 2. The lowest BCUT2D eigenvalue weighted by atomic mass is 10.1. The Morgan fingerprint density at radius 1 is 1.17 bits per heavy atom. The maximum Gasteiger partial charge on any atom is 0.332 e. The van der Waals surface area contributed by atoms with Crippen LogP contribution in [0.25, 0.3) is 11.2 Å². The standard InChI is InChI=1S/C21H26ClN5O2/c1-13(2)9-10-25-19(28)17-18(24(4)21(25)29)23-20-26(11-14(3)12-27(17)20)16-7-5-15(22)6-8-16/h5-8,13-14H,9-12H2,1-4H3/t14-/m0/s1. The number of rotatable bonds is 4. The molecule has 8 heteroatoms. The van der Waals surface area contributed by atoms with Gasteiger partial charge in [-0.2, -0.15) is 4.98 Å². The van der Waals surface area contributed by atoms with E-state index in [1.807, 2.05) is 28.8 Å². The van der Waals surface area contributed by atoms with Crippen LogP contribution >= 0.6 is 11.6 Å². The molecule has 4 rings (SSSR count). The zero-order chi connectivity index (χ0) is 20.9. The van der Waals surface area contributed by atoms with E-state index in [0.717, 1.165) is 18.7 Å². The number of aryl methyl sites for hydroxylation is 1. The number of hydrogen-bond acceptors (Lipinski definition) is 4. The Kier molecular flexibility index (Phi) is 5.02. The third kappa shape index (κ3) is 3.37. The molecule has 0 aliphatic carbocycles. The van der Waals surface area contributed by atoms with Crippen molar-refractivity contribution < 1.29 is 0 Å². The number of nitrogens with zero attached hydrogens (tertiary/aromatic N) is 5. The van der Waals surface area contributed by atoms with Crippen LogP contribution in [0.4, 0.5) is 11.6 Å². The fourth-order valence-electron chi connectivity index (χ4n) is 3.93. The molecule has 0 unspecified atom stereocenters. The summed E-state index contributed by atoms with van der Waals surface area (Å²) >= 11 is 6.05. The molecule has 0 saturated carbocycles. The molecule has 1 aliphatic heterocycles. The Labute approximate surface area is 174 Å². The molecule has 154 valence electrons. The molecule has 1 atom stereocenters. The van der Waals surface area contributed by atoms with Gasteiger partial charge >= 0.3 is 5.69 Å². The van der Waals surface area contributed by atoms with E-state index in [-0.39, 0.29) is 11.2 Å². The Hall–Kier alpha value is -2.54. The Bertz CT molecular complexity index is 1170. The van der Waals surface area contributed by atoms with E-state index in [1.165, 1.54) is 9.13 Å². The highest BCUT2D eigenvalue weighted by molar-refractivity contribution is 6.30. The normalized spacial score (nSPS) is 16.6. The van der Waals surface area contributed by atoms with Gasteiger partial charge in [0, 0.05) is 37.4 Å². The van der Waals surface area contributed by atoms with E-state index in [4.69, 9.17) is 16.6 Å². The first-order valence-corrected chi connectivity index (χ1v) is 10.4. The van der Waals surface area contributed by atoms with E-state index in [0.29, 0.717) is 47.1 Å². The van der Waals surface area contributed by atoms with Gasteiger partial charge in [0.1, 0.15) is 0 Å². The van der Waals surface area contributed by atoms with Crippen LogP contribution in [0.3, 0.4) is 0 Å². The molecule has 7 nitrogen and oxygen atoms in total. The summed E-state index contributed by atoms with van der Waals surface area (Å²) in [4.78, 5) is 32.9. The average molecular weight is 416 g/mol. The summed E-state index contributed by atoms with van der Waals surface area (Å²) in [6.45, 7) is 8.20. The van der Waals surface area contributed by atoms with E-state index in [2.05, 4.69) is 25.7 Å². The van der Waals surface area contributed by atoms with Gasteiger partial charge in [0.2, 0.25) is 5.95 Å². The lowest BCUT2D eigenvalue weighted by Crippen LogP contribution is -2.40. The second-order valence-electron chi connectivity index (χ2n) is 8.37. The molecule has 0 amide bonds. The summed E-state index contributed by atoms with van der Waals surface area (Å²) < 4.78 is 4.81. The number of imidazole rings is 1. The van der Waals surface area contributed by atoms with Crippen molar-refractivity contribution in [1.82, 2.24) is 18.7 Å². The Morgan fingerprint density at radius 3 is 2.52 bits per heavy atom. The molecular weight excluding hydrogens is 390 g/mol. The zero-order valence-electron chi connectivity index (χ0n) is 17.2. The van der Waals surface area contributed by atoms with Gasteiger partial charge < -0.3 is 9.47 Å². The van der Waals surface area contributed by atoms with Gasteiger partial charge in [-0.05, 0) is 42.5 Å². The number of hydrogen-bond donors (Lipinski definition) is 0. The van der Waals surface area contributed by atoms with Crippen LogP contribution < -0.4 is 16.1 Å². The molecule has 0 saturated heterocycles. The van der Waals surface area contributed by atoms with Crippen LogP contribution in [-0.2, 0) is 20.1 Å². The molecule has 0 spiro atoms. The summed E-state index contributed by atoms with van der Waals surface area (Å²) in [6.07, 6.45) is 0.773. The van der Waals surface area contributed by atoms with Gasteiger partial charge in [-0.3, -0.25) is 13.9 Å². The van der Waals surface area contributed by atoms with Gasteiger partial charge in [-0.25, -0.2) is 4.79 Å². The van der Waals surface area contributed by atoms with Crippen molar-refractivity contribution in [2.45, 2.75) is 40.3 Å². The number of halogens is 1. The van der Waals surface area contributed by atoms with Crippen molar-refractivity contribution in [1.29, 1.82) is 0 Å². The van der Waals surface area contributed by atoms with Crippen LogP contribution in [0.1, 0.15) is 27.2 Å². The summed E-state index contributed by atoms with van der Waals surface area (Å²) in [7, 11) is 1.69. The van der Waals surface area contributed by atoms with Crippen molar-refractivity contribution in [3.05, 3.63) is 50.1 Å². The predicted molar refractivity (Wildman–Crippen MR) is 116 cm³/mol. The Morgan fingerprint density at radius 2 is 1.86 bits per heavy atom. The van der Waals surface area contributed by atoms with E-state index >= 15 is 0 Å². The summed E-state index contributed by atoms with van der Waals surface area (Å²) in [6, 6.07) is 7.59.